The third-order valence-corrected chi connectivity index (χ3v) is 7.76. The second kappa shape index (κ2) is 13.4. The lowest BCUT2D eigenvalue weighted by Gasteiger charge is -2.34. The van der Waals surface area contributed by atoms with E-state index in [4.69, 9.17) is 9.73 Å². The standard InChI is InChI=1S/C34H37N5O2/c1-25(2)38-17-15-26(16-18-38)24-41-31-11-3-4-12-32(36-22-31)29-9-6-8-28(20-29)23-39-34(40)14-13-33(37-39)30-10-5-7-27(19-30)21-35/h5-14,19-20,22,25-26H,3-4,15-18,23-24H2,1-2H3. The molecule has 3 aromatic rings. The fourth-order valence-corrected chi connectivity index (χ4v) is 5.29. The van der Waals surface area contributed by atoms with Crippen LogP contribution in [0, 0.1) is 17.2 Å². The number of ether oxygens (including phenoxy) is 1. The van der Waals surface area contributed by atoms with Crippen molar-refractivity contribution in [2.24, 2.45) is 10.9 Å². The molecule has 7 nitrogen and oxygen atoms in total. The van der Waals surface area contributed by atoms with Crippen molar-refractivity contribution in [3.8, 4) is 17.3 Å². The molecule has 2 aliphatic heterocycles. The van der Waals surface area contributed by atoms with Crippen molar-refractivity contribution in [2.75, 3.05) is 19.7 Å². The normalized spacial score (nSPS) is 16.4. The highest BCUT2D eigenvalue weighted by Crippen LogP contribution is 2.23. The average Bonchev–Trinajstić information content (AvgIpc) is 2.98. The highest BCUT2D eigenvalue weighted by Gasteiger charge is 2.21. The van der Waals surface area contributed by atoms with Gasteiger partial charge in [-0.1, -0.05) is 36.4 Å². The van der Waals surface area contributed by atoms with Gasteiger partial charge in [0.1, 0.15) is 5.76 Å². The number of aromatic nitrogens is 2. The molecule has 2 aromatic carbocycles. The predicted molar refractivity (Wildman–Crippen MR) is 163 cm³/mol. The van der Waals surface area contributed by atoms with Gasteiger partial charge in [-0.25, -0.2) is 4.68 Å². The molecular formula is C34H37N5O2. The zero-order valence-corrected chi connectivity index (χ0v) is 23.9. The van der Waals surface area contributed by atoms with E-state index in [1.807, 2.05) is 36.5 Å². The summed E-state index contributed by atoms with van der Waals surface area (Å²) in [6.45, 7) is 7.88. The van der Waals surface area contributed by atoms with Gasteiger partial charge in [-0.05, 0) is 94.4 Å². The van der Waals surface area contributed by atoms with E-state index in [-0.39, 0.29) is 5.56 Å². The van der Waals surface area contributed by atoms with Crippen LogP contribution < -0.4 is 5.56 Å². The number of allylic oxidation sites excluding steroid dienone is 3. The number of nitriles is 1. The van der Waals surface area contributed by atoms with Crippen LogP contribution in [0.15, 0.2) is 88.4 Å². The Bertz CT molecular complexity index is 1550. The number of aliphatic imine (C=N–C) groups is 1. The lowest BCUT2D eigenvalue weighted by Crippen LogP contribution is -2.39. The Morgan fingerprint density at radius 1 is 1.00 bits per heavy atom. The summed E-state index contributed by atoms with van der Waals surface area (Å²) in [5.74, 6) is 1.42. The molecule has 0 spiro atoms. The van der Waals surface area contributed by atoms with E-state index in [1.165, 1.54) is 23.6 Å². The van der Waals surface area contributed by atoms with Crippen molar-refractivity contribution in [2.45, 2.75) is 52.1 Å². The Morgan fingerprint density at radius 2 is 1.78 bits per heavy atom. The van der Waals surface area contributed by atoms with Crippen LogP contribution in [0.3, 0.4) is 0 Å². The summed E-state index contributed by atoms with van der Waals surface area (Å²) >= 11 is 0. The van der Waals surface area contributed by atoms with E-state index in [0.29, 0.717) is 29.8 Å². The summed E-state index contributed by atoms with van der Waals surface area (Å²) in [5, 5.41) is 13.8. The van der Waals surface area contributed by atoms with Gasteiger partial charge in [-0.3, -0.25) is 9.79 Å². The molecule has 2 aliphatic rings. The van der Waals surface area contributed by atoms with Gasteiger partial charge >= 0.3 is 0 Å². The van der Waals surface area contributed by atoms with Gasteiger partial charge in [0, 0.05) is 23.2 Å². The minimum Gasteiger partial charge on any atom is -0.492 e. The zero-order valence-electron chi connectivity index (χ0n) is 23.9. The number of piperidine rings is 1. The smallest absolute Gasteiger partial charge is 0.267 e. The van der Waals surface area contributed by atoms with E-state index in [2.05, 4.69) is 48.1 Å². The van der Waals surface area contributed by atoms with Crippen molar-refractivity contribution in [3.05, 3.63) is 106 Å². The average molecular weight is 548 g/mol. The number of benzene rings is 2. The molecular weight excluding hydrogens is 510 g/mol. The second-order valence-corrected chi connectivity index (χ2v) is 11.0. The van der Waals surface area contributed by atoms with Crippen LogP contribution in [0.4, 0.5) is 0 Å². The van der Waals surface area contributed by atoms with E-state index in [9.17, 15) is 10.1 Å². The maximum absolute atomic E-state index is 12.6. The summed E-state index contributed by atoms with van der Waals surface area (Å²) in [6.07, 6.45) is 10.2. The van der Waals surface area contributed by atoms with Crippen molar-refractivity contribution < 1.29 is 4.74 Å². The van der Waals surface area contributed by atoms with Crippen molar-refractivity contribution in [1.29, 1.82) is 5.26 Å². The quantitative estimate of drug-likeness (QED) is 0.343. The van der Waals surface area contributed by atoms with E-state index >= 15 is 0 Å². The second-order valence-electron chi connectivity index (χ2n) is 11.0. The van der Waals surface area contributed by atoms with Crippen LogP contribution in [-0.4, -0.2) is 46.6 Å². The van der Waals surface area contributed by atoms with Gasteiger partial charge < -0.3 is 9.64 Å². The van der Waals surface area contributed by atoms with Gasteiger partial charge in [0.15, 0.2) is 0 Å². The molecule has 0 amide bonds. The first kappa shape index (κ1) is 28.3. The van der Waals surface area contributed by atoms with Crippen LogP contribution >= 0.6 is 0 Å². The molecule has 3 heterocycles. The lowest BCUT2D eigenvalue weighted by molar-refractivity contribution is 0.0984. The minimum absolute atomic E-state index is 0.180. The first-order valence-corrected chi connectivity index (χ1v) is 14.5. The summed E-state index contributed by atoms with van der Waals surface area (Å²) in [6, 6.07) is 21.3. The molecule has 0 unspecified atom stereocenters. The van der Waals surface area contributed by atoms with E-state index < -0.39 is 0 Å². The van der Waals surface area contributed by atoms with Gasteiger partial charge in [-0.2, -0.15) is 10.4 Å². The number of nitrogens with zero attached hydrogens (tertiary/aromatic N) is 5. The molecule has 1 aromatic heterocycles. The van der Waals surface area contributed by atoms with Crippen LogP contribution in [0.2, 0.25) is 0 Å². The minimum atomic E-state index is -0.180. The van der Waals surface area contributed by atoms with Crippen LogP contribution in [0.25, 0.3) is 17.0 Å². The first-order valence-electron chi connectivity index (χ1n) is 14.5. The molecule has 0 radical (unpaired) electrons. The third kappa shape index (κ3) is 7.47. The molecule has 0 saturated carbocycles. The zero-order chi connectivity index (χ0) is 28.6. The Labute approximate surface area is 242 Å². The SMILES string of the molecule is CC(C)N1CCC(COC2=CCCC=C(c3cccc(Cn4nc(-c5cccc(C#N)c5)ccc4=O)c3)N=C2)CC1. The first-order chi connectivity index (χ1) is 20.0. The van der Waals surface area contributed by atoms with Gasteiger partial charge in [0.2, 0.25) is 0 Å². The van der Waals surface area contributed by atoms with Crippen molar-refractivity contribution in [1.82, 2.24) is 14.7 Å². The molecule has 0 N–H and O–H groups in total. The Hall–Kier alpha value is -4.28. The summed E-state index contributed by atoms with van der Waals surface area (Å²) in [7, 11) is 0. The fraction of sp³-hybridized carbons (Fsp3) is 0.353. The number of rotatable bonds is 8. The van der Waals surface area contributed by atoms with E-state index in [0.717, 1.165) is 60.7 Å². The summed E-state index contributed by atoms with van der Waals surface area (Å²) in [5.41, 5.74) is 4.67. The van der Waals surface area contributed by atoms with Gasteiger partial charge in [-0.15, -0.1) is 0 Å². The molecule has 7 heteroatoms. The molecule has 0 atom stereocenters. The monoisotopic (exact) mass is 547 g/mol. The molecule has 1 saturated heterocycles. The van der Waals surface area contributed by atoms with Crippen molar-refractivity contribution in [3.63, 3.8) is 0 Å². The highest BCUT2D eigenvalue weighted by molar-refractivity contribution is 5.83. The molecule has 0 bridgehead atoms. The summed E-state index contributed by atoms with van der Waals surface area (Å²) in [4.78, 5) is 20.0. The molecule has 41 heavy (non-hydrogen) atoms. The van der Waals surface area contributed by atoms with Gasteiger partial charge in [0.25, 0.3) is 5.56 Å². The van der Waals surface area contributed by atoms with Gasteiger partial charge in [0.05, 0.1) is 42.4 Å². The summed E-state index contributed by atoms with van der Waals surface area (Å²) < 4.78 is 7.68. The largest absolute Gasteiger partial charge is 0.492 e. The van der Waals surface area contributed by atoms with Crippen LogP contribution in [0.5, 0.6) is 0 Å². The molecule has 5 rings (SSSR count). The highest BCUT2D eigenvalue weighted by atomic mass is 16.5. The predicted octanol–water partition coefficient (Wildman–Crippen LogP) is 6.06. The Kier molecular flexibility index (Phi) is 9.22. The molecule has 210 valence electrons. The maximum Gasteiger partial charge on any atom is 0.267 e. The Balaban J connectivity index is 1.25. The number of hydrogen-bond acceptors (Lipinski definition) is 6. The van der Waals surface area contributed by atoms with E-state index in [1.54, 1.807) is 18.2 Å². The number of hydrogen-bond donors (Lipinski definition) is 0. The van der Waals surface area contributed by atoms with Crippen LogP contribution in [-0.2, 0) is 11.3 Å². The fourth-order valence-electron chi connectivity index (χ4n) is 5.29. The third-order valence-electron chi connectivity index (χ3n) is 7.76. The Morgan fingerprint density at radius 3 is 2.59 bits per heavy atom. The molecule has 1 fully saturated rings. The maximum atomic E-state index is 12.6. The van der Waals surface area contributed by atoms with Crippen LogP contribution in [0.1, 0.15) is 56.2 Å². The molecule has 0 aliphatic carbocycles. The topological polar surface area (TPSA) is 83.5 Å². The number of likely N-dealkylation sites (tertiary alicyclic amines) is 1. The lowest BCUT2D eigenvalue weighted by atomic mass is 9.97. The van der Waals surface area contributed by atoms with Crippen molar-refractivity contribution >= 4 is 11.9 Å².